The van der Waals surface area contributed by atoms with E-state index in [9.17, 15) is 4.79 Å². The lowest BCUT2D eigenvalue weighted by Gasteiger charge is -2.24. The van der Waals surface area contributed by atoms with Crippen molar-refractivity contribution in [2.45, 2.75) is 32.3 Å². The molecule has 2 aromatic heterocycles. The Labute approximate surface area is 184 Å². The van der Waals surface area contributed by atoms with E-state index in [4.69, 9.17) is 4.74 Å². The number of hydrogen-bond acceptors (Lipinski definition) is 5. The van der Waals surface area contributed by atoms with Gasteiger partial charge in [0.05, 0.1) is 29.7 Å². The summed E-state index contributed by atoms with van der Waals surface area (Å²) in [5.41, 5.74) is 3.20. The molecule has 0 spiro atoms. The quantitative estimate of drug-likeness (QED) is 0.633. The first-order chi connectivity index (χ1) is 15.5. The molecule has 166 valence electrons. The second-order valence-corrected chi connectivity index (χ2v) is 8.33. The number of imidazole rings is 1. The predicted octanol–water partition coefficient (Wildman–Crippen LogP) is 3.43. The van der Waals surface area contributed by atoms with E-state index in [0.29, 0.717) is 55.3 Å². The van der Waals surface area contributed by atoms with Crippen LogP contribution in [0.3, 0.4) is 0 Å². The molecule has 2 aliphatic rings. The second-order valence-electron chi connectivity index (χ2n) is 8.33. The largest absolute Gasteiger partial charge is 0.375 e. The number of pyridine rings is 1. The van der Waals surface area contributed by atoms with Gasteiger partial charge in [-0.25, -0.2) is 18.6 Å². The number of rotatable bonds is 4. The highest BCUT2D eigenvalue weighted by molar-refractivity contribution is 5.73. The third kappa shape index (κ3) is 3.71. The van der Waals surface area contributed by atoms with E-state index in [1.165, 1.54) is 12.1 Å². The van der Waals surface area contributed by atoms with E-state index < -0.39 is 11.6 Å². The SMILES string of the molecule is Cc1ccn2c(CC3CNCCO3)c(-c3c(F)cc(N4CCCC4=C=O)cc3F)nc2c1. The Morgan fingerprint density at radius 3 is 2.81 bits per heavy atom. The highest BCUT2D eigenvalue weighted by Gasteiger charge is 2.27. The molecule has 1 unspecified atom stereocenters. The van der Waals surface area contributed by atoms with Crippen molar-refractivity contribution in [2.75, 3.05) is 31.1 Å². The number of hydrogen-bond donors (Lipinski definition) is 1. The fraction of sp³-hybridized carbons (Fsp3) is 0.375. The maximum absolute atomic E-state index is 15.4. The van der Waals surface area contributed by atoms with Crippen LogP contribution in [-0.4, -0.2) is 47.7 Å². The van der Waals surface area contributed by atoms with Crippen molar-refractivity contribution in [1.82, 2.24) is 14.7 Å². The minimum atomic E-state index is -0.707. The molecule has 3 aromatic rings. The Morgan fingerprint density at radius 1 is 1.28 bits per heavy atom. The topological polar surface area (TPSA) is 58.9 Å². The number of carbonyl (C=O) groups excluding carboxylic acids is 1. The maximum Gasteiger partial charge on any atom is 0.146 e. The van der Waals surface area contributed by atoms with E-state index in [1.807, 2.05) is 35.6 Å². The molecule has 0 bridgehead atoms. The van der Waals surface area contributed by atoms with Gasteiger partial charge < -0.3 is 19.4 Å². The zero-order valence-electron chi connectivity index (χ0n) is 17.8. The summed E-state index contributed by atoms with van der Waals surface area (Å²) in [6.07, 6.45) is 3.54. The number of nitrogens with zero attached hydrogens (tertiary/aromatic N) is 3. The van der Waals surface area contributed by atoms with Gasteiger partial charge in [0.15, 0.2) is 0 Å². The number of morpholine rings is 1. The molecule has 32 heavy (non-hydrogen) atoms. The Hall–Kier alpha value is -3.06. The molecule has 0 saturated carbocycles. The fourth-order valence-corrected chi connectivity index (χ4v) is 4.57. The molecule has 4 heterocycles. The Balaban J connectivity index is 1.62. The van der Waals surface area contributed by atoms with Gasteiger partial charge >= 0.3 is 0 Å². The molecule has 5 rings (SSSR count). The summed E-state index contributed by atoms with van der Waals surface area (Å²) in [6.45, 7) is 4.53. The molecule has 1 atom stereocenters. The van der Waals surface area contributed by atoms with E-state index in [2.05, 4.69) is 10.3 Å². The summed E-state index contributed by atoms with van der Waals surface area (Å²) in [5.74, 6) is 0.473. The molecule has 1 N–H and O–H groups in total. The fourth-order valence-electron chi connectivity index (χ4n) is 4.57. The molecule has 2 aliphatic heterocycles. The van der Waals surface area contributed by atoms with E-state index in [1.54, 1.807) is 4.90 Å². The lowest BCUT2D eigenvalue weighted by Crippen LogP contribution is -2.39. The molecule has 2 saturated heterocycles. The lowest BCUT2D eigenvalue weighted by atomic mass is 10.0. The summed E-state index contributed by atoms with van der Waals surface area (Å²) in [7, 11) is 0. The number of anilines is 1. The number of fused-ring (bicyclic) bond motifs is 1. The van der Waals surface area contributed by atoms with E-state index >= 15 is 8.78 Å². The summed E-state index contributed by atoms with van der Waals surface area (Å²) < 4.78 is 38.5. The van der Waals surface area contributed by atoms with Crippen LogP contribution < -0.4 is 10.2 Å². The zero-order chi connectivity index (χ0) is 22.2. The molecule has 8 heteroatoms. The first-order valence-electron chi connectivity index (χ1n) is 10.9. The average molecular weight is 438 g/mol. The highest BCUT2D eigenvalue weighted by atomic mass is 19.1. The van der Waals surface area contributed by atoms with Gasteiger partial charge in [-0.15, -0.1) is 0 Å². The first kappa shape index (κ1) is 20.8. The van der Waals surface area contributed by atoms with Gasteiger partial charge in [0.2, 0.25) is 0 Å². The zero-order valence-corrected chi connectivity index (χ0v) is 17.8. The number of aromatic nitrogens is 2. The standard InChI is InChI=1S/C24H24F2N4O2/c1-15-4-7-30-21(12-18-13-27-5-8-32-18)24(28-22(30)9-15)23-19(25)10-17(11-20(23)26)29-6-2-3-16(29)14-31/h4,7,9-11,18,27H,2-3,5-6,8,12-13H2,1H3. The van der Waals surface area contributed by atoms with Crippen LogP contribution in [0.2, 0.25) is 0 Å². The maximum atomic E-state index is 15.4. The van der Waals surface area contributed by atoms with E-state index in [0.717, 1.165) is 18.5 Å². The molecule has 0 amide bonds. The van der Waals surface area contributed by atoms with Crippen molar-refractivity contribution in [2.24, 2.45) is 0 Å². The van der Waals surface area contributed by atoms with Crippen LogP contribution in [0.5, 0.6) is 0 Å². The number of allylic oxidation sites excluding steroid dienone is 1. The lowest BCUT2D eigenvalue weighted by molar-refractivity contribution is 0.0286. The van der Waals surface area contributed by atoms with Gasteiger partial charge in [-0.2, -0.15) is 0 Å². The van der Waals surface area contributed by atoms with Crippen molar-refractivity contribution in [3.05, 3.63) is 59.1 Å². The van der Waals surface area contributed by atoms with Crippen molar-refractivity contribution < 1.29 is 18.3 Å². The monoisotopic (exact) mass is 438 g/mol. The molecular formula is C24H24F2N4O2. The van der Waals surface area contributed by atoms with Crippen LogP contribution >= 0.6 is 0 Å². The third-order valence-corrected chi connectivity index (χ3v) is 6.12. The van der Waals surface area contributed by atoms with Crippen LogP contribution in [0, 0.1) is 18.6 Å². The molecule has 0 radical (unpaired) electrons. The Kier molecular flexibility index (Phi) is 5.51. The average Bonchev–Trinajstić information content (AvgIpc) is 3.39. The van der Waals surface area contributed by atoms with Crippen LogP contribution in [0.25, 0.3) is 16.9 Å². The van der Waals surface area contributed by atoms with Crippen molar-refractivity contribution >= 4 is 17.3 Å². The van der Waals surface area contributed by atoms with Gasteiger partial charge in [-0.05, 0) is 43.2 Å². The van der Waals surface area contributed by atoms with Crippen molar-refractivity contribution in [3.63, 3.8) is 0 Å². The van der Waals surface area contributed by atoms with Gasteiger partial charge in [0.1, 0.15) is 28.9 Å². The smallest absolute Gasteiger partial charge is 0.146 e. The first-order valence-corrected chi connectivity index (χ1v) is 10.9. The van der Waals surface area contributed by atoms with Gasteiger partial charge in [-0.3, -0.25) is 0 Å². The van der Waals surface area contributed by atoms with Gasteiger partial charge in [-0.1, -0.05) is 0 Å². The van der Waals surface area contributed by atoms with Crippen molar-refractivity contribution in [1.29, 1.82) is 0 Å². The van der Waals surface area contributed by atoms with Gasteiger partial charge in [0.25, 0.3) is 0 Å². The Morgan fingerprint density at radius 2 is 2.09 bits per heavy atom. The molecule has 0 aliphatic carbocycles. The van der Waals surface area contributed by atoms with Crippen LogP contribution in [0.15, 0.2) is 36.2 Å². The summed E-state index contributed by atoms with van der Waals surface area (Å²) in [5, 5.41) is 3.29. The minimum absolute atomic E-state index is 0.112. The third-order valence-electron chi connectivity index (χ3n) is 6.12. The number of ether oxygens (including phenoxy) is 1. The number of nitrogens with one attached hydrogen (secondary N) is 1. The molecule has 6 nitrogen and oxygen atoms in total. The minimum Gasteiger partial charge on any atom is -0.375 e. The summed E-state index contributed by atoms with van der Waals surface area (Å²) in [4.78, 5) is 17.4. The van der Waals surface area contributed by atoms with Crippen molar-refractivity contribution in [3.8, 4) is 11.3 Å². The second kappa shape index (κ2) is 8.47. The number of aryl methyl sites for hydroxylation is 1. The summed E-state index contributed by atoms with van der Waals surface area (Å²) in [6, 6.07) is 6.39. The van der Waals surface area contributed by atoms with Crippen LogP contribution in [0.4, 0.5) is 14.5 Å². The van der Waals surface area contributed by atoms with Crippen LogP contribution in [0.1, 0.15) is 24.1 Å². The van der Waals surface area contributed by atoms with E-state index in [-0.39, 0.29) is 17.4 Å². The number of halogens is 2. The molecular weight excluding hydrogens is 414 g/mol. The normalized spacial score (nSPS) is 19.0. The Bertz CT molecular complexity index is 1200. The van der Waals surface area contributed by atoms with Crippen LogP contribution in [-0.2, 0) is 16.0 Å². The van der Waals surface area contributed by atoms with Gasteiger partial charge in [0, 0.05) is 44.4 Å². The highest BCUT2D eigenvalue weighted by Crippen LogP contribution is 2.35. The molecule has 1 aromatic carbocycles. The molecule has 2 fully saturated rings. The predicted molar refractivity (Wildman–Crippen MR) is 117 cm³/mol. The summed E-state index contributed by atoms with van der Waals surface area (Å²) >= 11 is 0. The number of benzene rings is 1.